The minimum atomic E-state index is 0.374. The van der Waals surface area contributed by atoms with Crippen LogP contribution in [0.15, 0.2) is 24.3 Å². The zero-order valence-corrected chi connectivity index (χ0v) is 12.2. The molecule has 0 saturated carbocycles. The van der Waals surface area contributed by atoms with Gasteiger partial charge < -0.3 is 10.2 Å². The largest absolute Gasteiger partial charge is 0.382 e. The number of nitriles is 1. The summed E-state index contributed by atoms with van der Waals surface area (Å²) in [6, 6.07) is 9.94. The van der Waals surface area contributed by atoms with E-state index in [0.29, 0.717) is 11.6 Å². The Morgan fingerprint density at radius 2 is 2.24 bits per heavy atom. The van der Waals surface area contributed by atoms with E-state index in [1.165, 1.54) is 13.0 Å². The fourth-order valence-corrected chi connectivity index (χ4v) is 2.92. The number of likely N-dealkylation sites (tertiary alicyclic amines) is 1. The molecule has 1 atom stereocenters. The van der Waals surface area contributed by atoms with E-state index in [1.54, 1.807) is 0 Å². The summed E-state index contributed by atoms with van der Waals surface area (Å²) < 4.78 is 0. The van der Waals surface area contributed by atoms with E-state index in [4.69, 9.17) is 0 Å². The van der Waals surface area contributed by atoms with E-state index in [-0.39, 0.29) is 0 Å². The first-order chi connectivity index (χ1) is 10.3. The molecular formula is C16H19N5. The smallest absolute Gasteiger partial charge is 0.186 e. The van der Waals surface area contributed by atoms with Crippen molar-refractivity contribution in [3.05, 3.63) is 30.0 Å². The van der Waals surface area contributed by atoms with Gasteiger partial charge in [-0.3, -0.25) is 0 Å². The monoisotopic (exact) mass is 281 g/mol. The Labute approximate surface area is 124 Å². The molecule has 1 unspecified atom stereocenters. The molecule has 1 aliphatic rings. The second-order valence-electron chi connectivity index (χ2n) is 5.48. The number of nitrogens with one attached hydrogen (secondary N) is 1. The molecule has 0 bridgehead atoms. The van der Waals surface area contributed by atoms with Crippen LogP contribution in [-0.2, 0) is 0 Å². The van der Waals surface area contributed by atoms with Crippen LogP contribution in [0.2, 0.25) is 0 Å². The SMILES string of the molecule is CCN1CCC(CNc2c(C#N)nnc3ccccc23)C1. The van der Waals surface area contributed by atoms with Crippen LogP contribution in [-0.4, -0.2) is 41.3 Å². The highest BCUT2D eigenvalue weighted by Crippen LogP contribution is 2.25. The van der Waals surface area contributed by atoms with Crippen molar-refractivity contribution in [2.24, 2.45) is 5.92 Å². The molecule has 108 valence electrons. The van der Waals surface area contributed by atoms with Crippen LogP contribution in [0.25, 0.3) is 10.9 Å². The van der Waals surface area contributed by atoms with Gasteiger partial charge in [0.15, 0.2) is 5.69 Å². The molecule has 2 heterocycles. The van der Waals surface area contributed by atoms with Crippen molar-refractivity contribution in [3.8, 4) is 6.07 Å². The number of anilines is 1. The molecule has 1 aromatic heterocycles. The Kier molecular flexibility index (Phi) is 3.98. The average molecular weight is 281 g/mol. The van der Waals surface area contributed by atoms with Crippen molar-refractivity contribution < 1.29 is 0 Å². The van der Waals surface area contributed by atoms with E-state index in [9.17, 15) is 5.26 Å². The van der Waals surface area contributed by atoms with Gasteiger partial charge in [-0.15, -0.1) is 10.2 Å². The molecule has 2 aromatic rings. The highest BCUT2D eigenvalue weighted by Gasteiger charge is 2.21. The minimum Gasteiger partial charge on any atom is -0.382 e. The third-order valence-electron chi connectivity index (χ3n) is 4.16. The van der Waals surface area contributed by atoms with E-state index < -0.39 is 0 Å². The van der Waals surface area contributed by atoms with Gasteiger partial charge in [0, 0.05) is 18.5 Å². The highest BCUT2D eigenvalue weighted by molar-refractivity contribution is 5.92. The summed E-state index contributed by atoms with van der Waals surface area (Å²) in [7, 11) is 0. The minimum absolute atomic E-state index is 0.374. The lowest BCUT2D eigenvalue weighted by molar-refractivity contribution is 0.345. The van der Waals surface area contributed by atoms with Gasteiger partial charge in [0.25, 0.3) is 0 Å². The first-order valence-corrected chi connectivity index (χ1v) is 7.43. The van der Waals surface area contributed by atoms with Gasteiger partial charge >= 0.3 is 0 Å². The quantitative estimate of drug-likeness (QED) is 0.931. The standard InChI is InChI=1S/C16H19N5/c1-2-21-8-7-12(11-21)10-18-16-13-5-3-4-6-14(13)19-20-15(16)9-17/h3-6,12H,2,7-8,10-11H2,1H3,(H,18,19). The Balaban J connectivity index is 1.81. The Hall–Kier alpha value is -2.19. The van der Waals surface area contributed by atoms with Gasteiger partial charge in [0.05, 0.1) is 11.2 Å². The Morgan fingerprint density at radius 3 is 3.00 bits per heavy atom. The molecule has 1 aliphatic heterocycles. The van der Waals surface area contributed by atoms with E-state index in [0.717, 1.165) is 36.2 Å². The molecule has 1 N–H and O–H groups in total. The maximum Gasteiger partial charge on any atom is 0.186 e. The fraction of sp³-hybridized carbons (Fsp3) is 0.438. The summed E-state index contributed by atoms with van der Waals surface area (Å²) in [5, 5.41) is 21.8. The van der Waals surface area contributed by atoms with Crippen molar-refractivity contribution in [2.75, 3.05) is 31.5 Å². The molecule has 5 heteroatoms. The number of nitrogens with zero attached hydrogens (tertiary/aromatic N) is 4. The first-order valence-electron chi connectivity index (χ1n) is 7.43. The number of hydrogen-bond acceptors (Lipinski definition) is 5. The van der Waals surface area contributed by atoms with Gasteiger partial charge in [-0.25, -0.2) is 0 Å². The molecule has 0 amide bonds. The van der Waals surface area contributed by atoms with Crippen LogP contribution >= 0.6 is 0 Å². The van der Waals surface area contributed by atoms with Gasteiger partial charge in [0.1, 0.15) is 6.07 Å². The number of rotatable bonds is 4. The van der Waals surface area contributed by atoms with Gasteiger partial charge in [-0.05, 0) is 31.5 Å². The Morgan fingerprint density at radius 1 is 1.38 bits per heavy atom. The van der Waals surface area contributed by atoms with Crippen LogP contribution in [0.3, 0.4) is 0 Å². The molecule has 0 spiro atoms. The summed E-state index contributed by atoms with van der Waals surface area (Å²) >= 11 is 0. The second kappa shape index (κ2) is 6.06. The molecule has 5 nitrogen and oxygen atoms in total. The number of hydrogen-bond donors (Lipinski definition) is 1. The molecule has 1 fully saturated rings. The first kappa shape index (κ1) is 13.8. The summed E-state index contributed by atoms with van der Waals surface area (Å²) in [6.07, 6.45) is 1.21. The number of fused-ring (bicyclic) bond motifs is 1. The molecule has 1 aromatic carbocycles. The van der Waals surface area contributed by atoms with E-state index >= 15 is 0 Å². The van der Waals surface area contributed by atoms with Crippen LogP contribution in [0, 0.1) is 17.2 Å². The summed E-state index contributed by atoms with van der Waals surface area (Å²) in [6.45, 7) is 6.48. The number of aromatic nitrogens is 2. The van der Waals surface area contributed by atoms with Gasteiger partial charge in [-0.1, -0.05) is 25.1 Å². The third kappa shape index (κ3) is 2.81. The van der Waals surface area contributed by atoms with Crippen LogP contribution in [0.5, 0.6) is 0 Å². The predicted molar refractivity (Wildman–Crippen MR) is 83.0 cm³/mol. The van der Waals surface area contributed by atoms with Crippen molar-refractivity contribution in [1.29, 1.82) is 5.26 Å². The maximum atomic E-state index is 9.25. The molecule has 1 saturated heterocycles. The second-order valence-corrected chi connectivity index (χ2v) is 5.48. The summed E-state index contributed by atoms with van der Waals surface area (Å²) in [4.78, 5) is 2.46. The zero-order valence-electron chi connectivity index (χ0n) is 12.2. The van der Waals surface area contributed by atoms with Crippen LogP contribution < -0.4 is 5.32 Å². The van der Waals surface area contributed by atoms with E-state index in [2.05, 4.69) is 33.4 Å². The normalized spacial score (nSPS) is 18.8. The molecule has 0 radical (unpaired) electrons. The lowest BCUT2D eigenvalue weighted by atomic mass is 10.1. The molecular weight excluding hydrogens is 262 g/mol. The van der Waals surface area contributed by atoms with Gasteiger partial charge in [0.2, 0.25) is 0 Å². The molecule has 21 heavy (non-hydrogen) atoms. The average Bonchev–Trinajstić information content (AvgIpc) is 3.00. The van der Waals surface area contributed by atoms with Crippen LogP contribution in [0.1, 0.15) is 19.0 Å². The van der Waals surface area contributed by atoms with E-state index in [1.807, 2.05) is 24.3 Å². The van der Waals surface area contributed by atoms with Crippen molar-refractivity contribution >= 4 is 16.6 Å². The van der Waals surface area contributed by atoms with Gasteiger partial charge in [-0.2, -0.15) is 5.26 Å². The number of benzene rings is 1. The van der Waals surface area contributed by atoms with Crippen molar-refractivity contribution in [1.82, 2.24) is 15.1 Å². The van der Waals surface area contributed by atoms with Crippen molar-refractivity contribution in [3.63, 3.8) is 0 Å². The molecule has 0 aliphatic carbocycles. The topological polar surface area (TPSA) is 64.8 Å². The maximum absolute atomic E-state index is 9.25. The van der Waals surface area contributed by atoms with Crippen LogP contribution in [0.4, 0.5) is 5.69 Å². The zero-order chi connectivity index (χ0) is 14.7. The highest BCUT2D eigenvalue weighted by atomic mass is 15.1. The lowest BCUT2D eigenvalue weighted by Gasteiger charge is -2.15. The predicted octanol–water partition coefficient (Wildman–Crippen LogP) is 2.26. The van der Waals surface area contributed by atoms with Crippen molar-refractivity contribution in [2.45, 2.75) is 13.3 Å². The fourth-order valence-electron chi connectivity index (χ4n) is 2.92. The summed E-state index contributed by atoms with van der Waals surface area (Å²) in [5.74, 6) is 0.628. The summed E-state index contributed by atoms with van der Waals surface area (Å²) in [5.41, 5.74) is 2.01. The Bertz CT molecular complexity index is 676. The third-order valence-corrected chi connectivity index (χ3v) is 4.16. The lowest BCUT2D eigenvalue weighted by Crippen LogP contribution is -2.22. The molecule has 3 rings (SSSR count).